The van der Waals surface area contributed by atoms with Crippen LogP contribution in [0.5, 0.6) is 5.75 Å². The van der Waals surface area contributed by atoms with Gasteiger partial charge in [0.05, 0.1) is 24.7 Å². The summed E-state index contributed by atoms with van der Waals surface area (Å²) in [4.78, 5) is 5.89. The zero-order chi connectivity index (χ0) is 18.3. The molecule has 0 unspecified atom stereocenters. The van der Waals surface area contributed by atoms with E-state index in [1.807, 2.05) is 44.2 Å². The lowest BCUT2D eigenvalue weighted by Crippen LogP contribution is -2.21. The van der Waals surface area contributed by atoms with Crippen molar-refractivity contribution in [1.82, 2.24) is 15.2 Å². The molecular formula is C19H20F2N4O. The Morgan fingerprint density at radius 3 is 2.65 bits per heavy atom. The minimum Gasteiger partial charge on any atom is -0.491 e. The molecule has 1 aliphatic heterocycles. The average molecular weight is 358 g/mol. The van der Waals surface area contributed by atoms with Gasteiger partial charge in [-0.15, -0.1) is 0 Å². The minimum absolute atomic E-state index is 0.0192. The molecule has 0 saturated carbocycles. The molecule has 7 heteroatoms. The van der Waals surface area contributed by atoms with Gasteiger partial charge in [0, 0.05) is 17.1 Å². The SMILES string of the molecule is CC(C)Oc1ccc2[nH]nc(-c3ccnc(N4C[C@H](F)[C@@H](F)C4)c3)c2c1. The van der Waals surface area contributed by atoms with Gasteiger partial charge in [-0.1, -0.05) is 0 Å². The van der Waals surface area contributed by atoms with E-state index >= 15 is 0 Å². The van der Waals surface area contributed by atoms with E-state index in [0.717, 1.165) is 27.9 Å². The molecule has 0 spiro atoms. The number of hydrogen-bond acceptors (Lipinski definition) is 4. The van der Waals surface area contributed by atoms with Gasteiger partial charge in [-0.3, -0.25) is 5.10 Å². The van der Waals surface area contributed by atoms with Crippen LogP contribution < -0.4 is 9.64 Å². The third-order valence-electron chi connectivity index (χ3n) is 4.43. The predicted molar refractivity (Wildman–Crippen MR) is 97.1 cm³/mol. The number of nitrogens with one attached hydrogen (secondary N) is 1. The van der Waals surface area contributed by atoms with Crippen LogP contribution in [0.15, 0.2) is 36.5 Å². The lowest BCUT2D eigenvalue weighted by Gasteiger charge is -2.16. The number of fused-ring (bicyclic) bond motifs is 1. The van der Waals surface area contributed by atoms with Gasteiger partial charge in [-0.05, 0) is 44.2 Å². The standard InChI is InChI=1S/C19H20F2N4O/c1-11(2)26-13-3-4-17-14(8-13)19(24-23-17)12-5-6-22-18(7-12)25-9-15(20)16(21)10-25/h3-8,11,15-16H,9-10H2,1-2H3,(H,23,24)/t15-,16-/m0/s1. The normalized spacial score (nSPS) is 20.3. The first kappa shape index (κ1) is 16.8. The molecule has 3 heterocycles. The predicted octanol–water partition coefficient (Wildman–Crippen LogP) is 3.91. The molecule has 4 rings (SSSR count). The molecule has 1 saturated heterocycles. The van der Waals surface area contributed by atoms with Gasteiger partial charge in [0.25, 0.3) is 0 Å². The highest BCUT2D eigenvalue weighted by molar-refractivity contribution is 5.94. The second kappa shape index (κ2) is 6.55. The first-order valence-corrected chi connectivity index (χ1v) is 8.65. The van der Waals surface area contributed by atoms with Gasteiger partial charge in [-0.25, -0.2) is 13.8 Å². The highest BCUT2D eigenvalue weighted by Gasteiger charge is 2.33. The van der Waals surface area contributed by atoms with E-state index in [4.69, 9.17) is 4.74 Å². The highest BCUT2D eigenvalue weighted by Crippen LogP contribution is 2.32. The summed E-state index contributed by atoms with van der Waals surface area (Å²) in [7, 11) is 0. The number of halogens is 2. The molecule has 1 fully saturated rings. The van der Waals surface area contributed by atoms with Gasteiger partial charge in [0.15, 0.2) is 12.3 Å². The summed E-state index contributed by atoms with van der Waals surface area (Å²) in [6, 6.07) is 9.42. The zero-order valence-electron chi connectivity index (χ0n) is 14.6. The van der Waals surface area contributed by atoms with E-state index in [1.165, 1.54) is 0 Å². The Bertz CT molecular complexity index is 917. The molecule has 0 radical (unpaired) electrons. The molecule has 1 aromatic carbocycles. The first-order chi connectivity index (χ1) is 12.5. The van der Waals surface area contributed by atoms with Crippen LogP contribution in [0.1, 0.15) is 13.8 Å². The van der Waals surface area contributed by atoms with Crippen molar-refractivity contribution in [2.24, 2.45) is 0 Å². The number of ether oxygens (including phenoxy) is 1. The van der Waals surface area contributed by atoms with Crippen molar-refractivity contribution >= 4 is 16.7 Å². The van der Waals surface area contributed by atoms with Crippen LogP contribution in [0, 0.1) is 0 Å². The fraction of sp³-hybridized carbons (Fsp3) is 0.368. The second-order valence-corrected chi connectivity index (χ2v) is 6.79. The van der Waals surface area contributed by atoms with Crippen LogP contribution in [-0.4, -0.2) is 46.7 Å². The van der Waals surface area contributed by atoms with Crippen LogP contribution in [0.4, 0.5) is 14.6 Å². The molecule has 136 valence electrons. The van der Waals surface area contributed by atoms with Crippen molar-refractivity contribution in [3.8, 4) is 17.0 Å². The van der Waals surface area contributed by atoms with Gasteiger partial charge in [0.2, 0.25) is 0 Å². The molecule has 0 aliphatic carbocycles. The molecule has 1 aliphatic rings. The summed E-state index contributed by atoms with van der Waals surface area (Å²) < 4.78 is 32.8. The fourth-order valence-corrected chi connectivity index (χ4v) is 3.21. The molecule has 26 heavy (non-hydrogen) atoms. The number of pyridine rings is 1. The molecule has 2 atom stereocenters. The number of H-pyrrole nitrogens is 1. The van der Waals surface area contributed by atoms with Crippen LogP contribution in [0.3, 0.4) is 0 Å². The first-order valence-electron chi connectivity index (χ1n) is 8.65. The number of hydrogen-bond donors (Lipinski definition) is 1. The van der Waals surface area contributed by atoms with Crippen LogP contribution in [-0.2, 0) is 0 Å². The second-order valence-electron chi connectivity index (χ2n) is 6.79. The minimum atomic E-state index is -1.47. The van der Waals surface area contributed by atoms with E-state index in [0.29, 0.717) is 5.82 Å². The van der Waals surface area contributed by atoms with Gasteiger partial charge in [-0.2, -0.15) is 5.10 Å². The largest absolute Gasteiger partial charge is 0.491 e. The maximum Gasteiger partial charge on any atom is 0.150 e. The Morgan fingerprint density at radius 2 is 1.92 bits per heavy atom. The average Bonchev–Trinajstić information content (AvgIpc) is 3.18. The maximum atomic E-state index is 13.5. The zero-order valence-corrected chi connectivity index (χ0v) is 14.6. The third kappa shape index (κ3) is 3.09. The number of nitrogens with zero attached hydrogens (tertiary/aromatic N) is 3. The van der Waals surface area contributed by atoms with Crippen molar-refractivity contribution in [3.05, 3.63) is 36.5 Å². The summed E-state index contributed by atoms with van der Waals surface area (Å²) in [5, 5.41) is 8.34. The van der Waals surface area contributed by atoms with Crippen LogP contribution in [0.2, 0.25) is 0 Å². The highest BCUT2D eigenvalue weighted by atomic mass is 19.2. The van der Waals surface area contributed by atoms with Gasteiger partial charge < -0.3 is 9.64 Å². The third-order valence-corrected chi connectivity index (χ3v) is 4.43. The number of anilines is 1. The molecule has 1 N–H and O–H groups in total. The van der Waals surface area contributed by atoms with Crippen molar-refractivity contribution in [2.75, 3.05) is 18.0 Å². The van der Waals surface area contributed by atoms with Gasteiger partial charge >= 0.3 is 0 Å². The van der Waals surface area contributed by atoms with Crippen molar-refractivity contribution in [2.45, 2.75) is 32.3 Å². The summed E-state index contributed by atoms with van der Waals surface area (Å²) in [6.07, 6.45) is -1.23. The van der Waals surface area contributed by atoms with E-state index in [2.05, 4.69) is 15.2 Å². The van der Waals surface area contributed by atoms with Crippen molar-refractivity contribution in [1.29, 1.82) is 0 Å². The summed E-state index contributed by atoms with van der Waals surface area (Å²) >= 11 is 0. The summed E-state index contributed by atoms with van der Waals surface area (Å²) in [5.41, 5.74) is 2.48. The Hall–Kier alpha value is -2.70. The van der Waals surface area contributed by atoms with E-state index in [-0.39, 0.29) is 19.2 Å². The molecule has 3 aromatic rings. The van der Waals surface area contributed by atoms with E-state index in [9.17, 15) is 8.78 Å². The fourth-order valence-electron chi connectivity index (χ4n) is 3.21. The van der Waals surface area contributed by atoms with Gasteiger partial charge in [0.1, 0.15) is 17.3 Å². The molecule has 5 nitrogen and oxygen atoms in total. The number of alkyl halides is 2. The lowest BCUT2D eigenvalue weighted by atomic mass is 10.1. The van der Waals surface area contributed by atoms with E-state index < -0.39 is 12.3 Å². The summed E-state index contributed by atoms with van der Waals surface area (Å²) in [6.45, 7) is 3.99. The van der Waals surface area contributed by atoms with Crippen molar-refractivity contribution in [3.63, 3.8) is 0 Å². The number of aromatic nitrogens is 3. The molecule has 0 bridgehead atoms. The quantitative estimate of drug-likeness (QED) is 0.768. The smallest absolute Gasteiger partial charge is 0.150 e. The number of aromatic amines is 1. The van der Waals surface area contributed by atoms with Crippen LogP contribution in [0.25, 0.3) is 22.2 Å². The monoisotopic (exact) mass is 358 g/mol. The maximum absolute atomic E-state index is 13.5. The Kier molecular flexibility index (Phi) is 4.22. The number of benzene rings is 1. The molecule has 0 amide bonds. The topological polar surface area (TPSA) is 54.0 Å². The summed E-state index contributed by atoms with van der Waals surface area (Å²) in [5.74, 6) is 1.32. The van der Waals surface area contributed by atoms with Crippen LogP contribution >= 0.6 is 0 Å². The molecular weight excluding hydrogens is 338 g/mol. The van der Waals surface area contributed by atoms with E-state index in [1.54, 1.807) is 11.1 Å². The van der Waals surface area contributed by atoms with Crippen molar-refractivity contribution < 1.29 is 13.5 Å². The molecule has 2 aromatic heterocycles. The Balaban J connectivity index is 1.70. The lowest BCUT2D eigenvalue weighted by molar-refractivity contribution is 0.217. The Labute approximate surface area is 150 Å². The number of rotatable bonds is 4. The Morgan fingerprint density at radius 1 is 1.15 bits per heavy atom.